The Morgan fingerprint density at radius 1 is 1.29 bits per heavy atom. The largest absolute Gasteiger partial charge is 0.378 e. The van der Waals surface area contributed by atoms with Crippen molar-refractivity contribution in [2.45, 2.75) is 12.8 Å². The number of benzene rings is 2. The fourth-order valence-corrected chi connectivity index (χ4v) is 3.03. The molecule has 1 fully saturated rings. The summed E-state index contributed by atoms with van der Waals surface area (Å²) in [6, 6.07) is 9.60. The van der Waals surface area contributed by atoms with E-state index in [0.29, 0.717) is 50.3 Å². The number of hydrogen-bond donors (Lipinski definition) is 0. The quantitative estimate of drug-likeness (QED) is 0.642. The van der Waals surface area contributed by atoms with Crippen molar-refractivity contribution in [1.29, 1.82) is 0 Å². The van der Waals surface area contributed by atoms with Crippen LogP contribution in [0.1, 0.15) is 29.3 Å². The predicted octanol–water partition coefficient (Wildman–Crippen LogP) is 2.54. The Morgan fingerprint density at radius 2 is 2.08 bits per heavy atom. The van der Waals surface area contributed by atoms with E-state index in [1.165, 1.54) is 0 Å². The second-order valence-electron chi connectivity index (χ2n) is 5.84. The second-order valence-corrected chi connectivity index (χ2v) is 5.84. The maximum absolute atomic E-state index is 12.2. The van der Waals surface area contributed by atoms with Crippen LogP contribution in [0, 0.1) is 12.3 Å². The molecule has 3 rings (SSSR count). The molecule has 123 valence electrons. The number of hydrogen-bond acceptors (Lipinski definition) is 3. The zero-order chi connectivity index (χ0) is 16.9. The first-order valence-electron chi connectivity index (χ1n) is 8.06. The lowest BCUT2D eigenvalue weighted by atomic mass is 9.97. The highest BCUT2D eigenvalue weighted by atomic mass is 16.5. The standard InChI is InChI=1S/C20H19NO3.H/c1-2-16-5-6-17-13-15(3-7-18(17)19(16)14-22)4-8-20(23)21-9-11-24-12-10-21;/h1,3,5-7,13-14H,4,8-12H2;. The summed E-state index contributed by atoms with van der Waals surface area (Å²) in [4.78, 5) is 25.4. The monoisotopic (exact) mass is 322 g/mol. The van der Waals surface area contributed by atoms with Crippen LogP contribution >= 0.6 is 0 Å². The lowest BCUT2D eigenvalue weighted by Crippen LogP contribution is -2.40. The number of fused-ring (bicyclic) bond motifs is 1. The van der Waals surface area contributed by atoms with Crippen molar-refractivity contribution in [3.05, 3.63) is 47.0 Å². The van der Waals surface area contributed by atoms with Gasteiger partial charge in [-0.2, -0.15) is 0 Å². The van der Waals surface area contributed by atoms with E-state index < -0.39 is 0 Å². The number of morpholine rings is 1. The van der Waals surface area contributed by atoms with Gasteiger partial charge < -0.3 is 9.64 Å². The van der Waals surface area contributed by atoms with Gasteiger partial charge in [0, 0.05) is 32.1 Å². The number of aryl methyl sites for hydroxylation is 1. The molecule has 0 N–H and O–H groups in total. The van der Waals surface area contributed by atoms with E-state index in [0.717, 1.165) is 22.6 Å². The Bertz CT molecular complexity index is 820. The van der Waals surface area contributed by atoms with Gasteiger partial charge in [0.1, 0.15) is 0 Å². The Kier molecular flexibility index (Phi) is 4.93. The van der Waals surface area contributed by atoms with E-state index in [4.69, 9.17) is 11.2 Å². The Balaban J connectivity index is 0.00000225. The lowest BCUT2D eigenvalue weighted by Gasteiger charge is -2.26. The molecule has 4 heteroatoms. The van der Waals surface area contributed by atoms with Crippen molar-refractivity contribution in [1.82, 2.24) is 4.90 Å². The highest BCUT2D eigenvalue weighted by Crippen LogP contribution is 2.23. The van der Waals surface area contributed by atoms with Gasteiger partial charge in [0.15, 0.2) is 6.29 Å². The van der Waals surface area contributed by atoms with Crippen LogP contribution in [-0.4, -0.2) is 43.4 Å². The molecule has 0 aliphatic carbocycles. The highest BCUT2D eigenvalue weighted by Gasteiger charge is 2.16. The number of aldehydes is 1. The third-order valence-corrected chi connectivity index (χ3v) is 4.39. The van der Waals surface area contributed by atoms with Crippen LogP contribution in [0.4, 0.5) is 0 Å². The van der Waals surface area contributed by atoms with Crippen LogP contribution in [0.5, 0.6) is 0 Å². The van der Waals surface area contributed by atoms with Crippen molar-refractivity contribution in [3.63, 3.8) is 0 Å². The first-order valence-corrected chi connectivity index (χ1v) is 8.06. The Morgan fingerprint density at radius 3 is 2.79 bits per heavy atom. The van der Waals surface area contributed by atoms with E-state index in [-0.39, 0.29) is 7.33 Å². The minimum absolute atomic E-state index is 0. The van der Waals surface area contributed by atoms with Crippen LogP contribution in [0.15, 0.2) is 30.3 Å². The fourth-order valence-electron chi connectivity index (χ4n) is 3.03. The van der Waals surface area contributed by atoms with Crippen molar-refractivity contribution in [2.24, 2.45) is 0 Å². The van der Waals surface area contributed by atoms with Gasteiger partial charge in [0.25, 0.3) is 0 Å². The number of terminal acetylenes is 1. The second kappa shape index (κ2) is 7.29. The van der Waals surface area contributed by atoms with Crippen LogP contribution in [-0.2, 0) is 16.0 Å². The number of nitrogens with zero attached hydrogens (tertiary/aromatic N) is 1. The number of carbonyl (C=O) groups is 2. The van der Waals surface area contributed by atoms with E-state index in [1.807, 2.05) is 29.2 Å². The minimum Gasteiger partial charge on any atom is -0.378 e. The van der Waals surface area contributed by atoms with E-state index in [1.54, 1.807) is 6.07 Å². The summed E-state index contributed by atoms with van der Waals surface area (Å²) in [5.74, 6) is 2.70. The zero-order valence-electron chi connectivity index (χ0n) is 14.5. The predicted molar refractivity (Wildman–Crippen MR) is 94.1 cm³/mol. The molecule has 0 saturated carbocycles. The highest BCUT2D eigenvalue weighted by molar-refractivity contribution is 6.00. The maximum Gasteiger partial charge on any atom is 0.223 e. The molecule has 1 radical (unpaired) electrons. The van der Waals surface area contributed by atoms with E-state index >= 15 is 0 Å². The zero-order valence-corrected chi connectivity index (χ0v) is 13.5. The molecule has 2 aromatic rings. The van der Waals surface area contributed by atoms with Crippen molar-refractivity contribution >= 4 is 23.0 Å². The summed E-state index contributed by atoms with van der Waals surface area (Å²) in [5, 5.41) is 1.82. The van der Waals surface area contributed by atoms with Crippen LogP contribution in [0.3, 0.4) is 0 Å². The number of carbonyl (C=O) groups excluding carboxylic acids is 2. The Labute approximate surface area is 142 Å². The third-order valence-electron chi connectivity index (χ3n) is 4.39. The Hall–Kier alpha value is -2.64. The molecule has 0 spiro atoms. The van der Waals surface area contributed by atoms with Gasteiger partial charge in [0.05, 0.1) is 13.2 Å². The average molecular weight is 322 g/mol. The molecule has 1 amide bonds. The smallest absolute Gasteiger partial charge is 0.223 e. The molecular weight excluding hydrogens is 302 g/mol. The SMILES string of the molecule is C#Cc1ccc2cc(CCC(=O)N3CCOCC3)ccc2c1C=O.[H]. The molecular formula is C20H20NO3. The first kappa shape index (κ1) is 16.2. The molecule has 4 nitrogen and oxygen atoms in total. The first-order chi connectivity index (χ1) is 11.7. The summed E-state index contributed by atoms with van der Waals surface area (Å²) >= 11 is 0. The molecule has 1 aliphatic heterocycles. The van der Waals surface area contributed by atoms with E-state index in [9.17, 15) is 9.59 Å². The van der Waals surface area contributed by atoms with E-state index in [2.05, 4.69) is 5.92 Å². The summed E-state index contributed by atoms with van der Waals surface area (Å²) in [6.45, 7) is 2.59. The number of ether oxygens (including phenoxy) is 1. The lowest BCUT2D eigenvalue weighted by molar-refractivity contribution is -0.135. The van der Waals surface area contributed by atoms with Gasteiger partial charge in [-0.3, -0.25) is 9.59 Å². The molecule has 24 heavy (non-hydrogen) atoms. The molecule has 1 saturated heterocycles. The minimum atomic E-state index is 0. The van der Waals surface area contributed by atoms with Gasteiger partial charge in [-0.15, -0.1) is 6.42 Å². The molecule has 0 aromatic heterocycles. The van der Waals surface area contributed by atoms with Gasteiger partial charge >= 0.3 is 0 Å². The fraction of sp³-hybridized carbons (Fsp3) is 0.300. The van der Waals surface area contributed by atoms with Crippen LogP contribution in [0.2, 0.25) is 0 Å². The molecule has 0 unspecified atom stereocenters. The van der Waals surface area contributed by atoms with Gasteiger partial charge in [-0.25, -0.2) is 0 Å². The van der Waals surface area contributed by atoms with Crippen molar-refractivity contribution in [3.8, 4) is 12.3 Å². The molecule has 0 bridgehead atoms. The molecule has 0 atom stereocenters. The van der Waals surface area contributed by atoms with Gasteiger partial charge in [-0.1, -0.05) is 30.2 Å². The summed E-state index contributed by atoms with van der Waals surface area (Å²) in [6.07, 6.45) is 7.40. The maximum atomic E-state index is 12.2. The summed E-state index contributed by atoms with van der Waals surface area (Å²) in [7, 11) is 0. The molecule has 2 aromatic carbocycles. The molecule has 1 aliphatic rings. The molecule has 1 heterocycles. The summed E-state index contributed by atoms with van der Waals surface area (Å²) < 4.78 is 5.27. The topological polar surface area (TPSA) is 46.6 Å². The van der Waals surface area contributed by atoms with Gasteiger partial charge in [0.2, 0.25) is 5.91 Å². The van der Waals surface area contributed by atoms with Gasteiger partial charge in [-0.05, 0) is 28.8 Å². The van der Waals surface area contributed by atoms with Crippen LogP contribution in [0.25, 0.3) is 10.8 Å². The number of rotatable bonds is 4. The summed E-state index contributed by atoms with van der Waals surface area (Å²) in [5.41, 5.74) is 2.23. The average Bonchev–Trinajstić information content (AvgIpc) is 2.65. The van der Waals surface area contributed by atoms with Crippen LogP contribution < -0.4 is 0 Å². The van der Waals surface area contributed by atoms with Crippen molar-refractivity contribution in [2.75, 3.05) is 26.3 Å². The number of amides is 1. The van der Waals surface area contributed by atoms with Crippen molar-refractivity contribution < 1.29 is 15.8 Å². The normalized spacial score (nSPS) is 14.4. The third kappa shape index (κ3) is 3.32.